The van der Waals surface area contributed by atoms with E-state index in [1.807, 2.05) is 142 Å². The Morgan fingerprint density at radius 1 is 0.555 bits per heavy atom. The Morgan fingerprint density at radius 3 is 1.52 bits per heavy atom. The topological polar surface area (TPSA) is 292 Å². The molecule has 2 aliphatic rings. The largest absolute Gasteiger partial charge is 0.497 e. The molecule has 0 bridgehead atoms. The number of aliphatic hydroxyl groups is 1. The van der Waals surface area contributed by atoms with Gasteiger partial charge in [-0.3, -0.25) is 43.6 Å². The summed E-state index contributed by atoms with van der Waals surface area (Å²) in [5, 5.41) is 27.3. The van der Waals surface area contributed by atoms with Crippen LogP contribution in [0.2, 0.25) is 0 Å². The van der Waals surface area contributed by atoms with Crippen LogP contribution < -0.4 is 43.7 Å². The highest BCUT2D eigenvalue weighted by Gasteiger charge is 2.36. The highest BCUT2D eigenvalue weighted by molar-refractivity contribution is 6.21. The summed E-state index contributed by atoms with van der Waals surface area (Å²) in [6.45, 7) is 14.4. The average Bonchev–Trinajstić information content (AvgIpc) is 1.72. The standard InChI is InChI=1S/C34H31FN6O4.C26H32N6O3.C26H29N5O4.4CH4/c1-2-44-26-16-23(35)15-25(17-26)39(12-13-40-33(42)27-7-3-4-8-28(27)34(40)43)24-10-11-29-30(18-24)38-31(20-36-29)22-19-37-41(21-22)32-9-5-6-14-45-32;1-17(2)27-13-21(33)16-32(20-8-22(34-4)11-23(9-20)35-5)19-6-7-24-25(10-19)30-26(14-28-24)18-12-29-31(3)15-18;1-6-35-26(32)16-30(20-9-21(33-4)12-22(10-20)34-5)19-7-8-23-24(11-19)29-25(14-27-23)18-13-28-31(15-18)17(2)3;;;;/h3-4,7-8,10-11,15-21,32H,2,5-6,9,12-14H2,1H3;6-12,14-15,17,21,27,33H,13,16H2,1-5H3;7-15,17H,6,16H2,1-5H3;4*1H4/t;21-;;;;;/m.0...../s1. The van der Waals surface area contributed by atoms with Gasteiger partial charge in [-0.2, -0.15) is 15.3 Å². The van der Waals surface area contributed by atoms with E-state index in [2.05, 4.69) is 63.3 Å². The predicted molar refractivity (Wildman–Crippen MR) is 465 cm³/mol. The number of aliphatic hydroxyl groups excluding tert-OH is 1. The summed E-state index contributed by atoms with van der Waals surface area (Å²) in [5.41, 5.74) is 14.1. The van der Waals surface area contributed by atoms with Gasteiger partial charge in [0.1, 0.15) is 47.3 Å². The maximum atomic E-state index is 14.8. The highest BCUT2D eigenvalue weighted by Crippen LogP contribution is 2.39. The zero-order valence-corrected chi connectivity index (χ0v) is 66.0. The van der Waals surface area contributed by atoms with Crippen molar-refractivity contribution >= 4 is 85.0 Å². The molecule has 8 heterocycles. The van der Waals surface area contributed by atoms with Crippen LogP contribution in [-0.2, 0) is 21.3 Å². The number of imide groups is 1. The lowest BCUT2D eigenvalue weighted by molar-refractivity contribution is -0.141. The van der Waals surface area contributed by atoms with Crippen LogP contribution in [-0.4, -0.2) is 180 Å². The van der Waals surface area contributed by atoms with Gasteiger partial charge in [0.05, 0.1) is 153 Å². The van der Waals surface area contributed by atoms with E-state index in [1.165, 1.54) is 17.0 Å². The van der Waals surface area contributed by atoms with Crippen molar-refractivity contribution in [3.05, 3.63) is 206 Å². The van der Waals surface area contributed by atoms with E-state index in [0.717, 1.165) is 93.2 Å². The lowest BCUT2D eigenvalue weighted by Crippen LogP contribution is -2.38. The van der Waals surface area contributed by atoms with Crippen LogP contribution in [0, 0.1) is 5.82 Å². The number of halogens is 1. The first-order valence-electron chi connectivity index (χ1n) is 38.0. The van der Waals surface area contributed by atoms with Gasteiger partial charge in [0.2, 0.25) is 0 Å². The van der Waals surface area contributed by atoms with Crippen molar-refractivity contribution in [3.8, 4) is 62.5 Å². The van der Waals surface area contributed by atoms with Crippen LogP contribution in [0.5, 0.6) is 28.7 Å². The number of nitrogens with one attached hydrogen (secondary N) is 1. The summed E-state index contributed by atoms with van der Waals surface area (Å²) in [6.07, 6.45) is 18.7. The van der Waals surface area contributed by atoms with Crippen LogP contribution in [0.3, 0.4) is 0 Å². The van der Waals surface area contributed by atoms with Crippen LogP contribution in [0.1, 0.15) is 123 Å². The minimum atomic E-state index is -0.613. The van der Waals surface area contributed by atoms with Crippen LogP contribution >= 0.6 is 0 Å². The molecule has 119 heavy (non-hydrogen) atoms. The molecular weight excluding hydrogens is 1510 g/mol. The summed E-state index contributed by atoms with van der Waals surface area (Å²) >= 11 is 0. The molecule has 6 aromatic heterocycles. The Kier molecular flexibility index (Phi) is 31.2. The second-order valence-electron chi connectivity index (χ2n) is 27.9. The Labute approximate surface area is 694 Å². The predicted octanol–water partition coefficient (Wildman–Crippen LogP) is 17.0. The molecule has 0 saturated carbocycles. The monoisotopic (exact) mass is 1620 g/mol. The van der Waals surface area contributed by atoms with Gasteiger partial charge in [0, 0.05) is 163 Å². The van der Waals surface area contributed by atoms with E-state index in [9.17, 15) is 23.9 Å². The van der Waals surface area contributed by atoms with E-state index in [1.54, 1.807) is 114 Å². The van der Waals surface area contributed by atoms with Crippen LogP contribution in [0.4, 0.5) is 38.5 Å². The minimum Gasteiger partial charge on any atom is -0.497 e. The third-order valence-corrected chi connectivity index (χ3v) is 19.2. The molecule has 626 valence electrons. The molecule has 28 nitrogen and oxygen atoms in total. The lowest BCUT2D eigenvalue weighted by atomic mass is 10.1. The van der Waals surface area contributed by atoms with Gasteiger partial charge in [-0.05, 0) is 120 Å². The number of benzene rings is 7. The number of fused-ring (bicyclic) bond motifs is 4. The van der Waals surface area contributed by atoms with Gasteiger partial charge in [-0.25, -0.2) is 24.0 Å². The number of aromatic nitrogens is 12. The molecule has 2 N–H and O–H groups in total. The Bertz CT molecular complexity index is 5520. The van der Waals surface area contributed by atoms with E-state index in [0.29, 0.717) is 99.8 Å². The fourth-order valence-corrected chi connectivity index (χ4v) is 13.4. The Balaban J connectivity index is 0.000000202. The van der Waals surface area contributed by atoms with Crippen molar-refractivity contribution in [2.45, 2.75) is 115 Å². The second-order valence-corrected chi connectivity index (χ2v) is 27.9. The summed E-state index contributed by atoms with van der Waals surface area (Å²) in [6, 6.07) is 40.1. The van der Waals surface area contributed by atoms with Crippen LogP contribution in [0.25, 0.3) is 66.9 Å². The van der Waals surface area contributed by atoms with Crippen molar-refractivity contribution < 1.29 is 57.0 Å². The molecule has 7 aromatic carbocycles. The van der Waals surface area contributed by atoms with Crippen molar-refractivity contribution in [3.63, 3.8) is 0 Å². The number of amides is 2. The zero-order valence-electron chi connectivity index (χ0n) is 66.0. The molecule has 0 radical (unpaired) electrons. The summed E-state index contributed by atoms with van der Waals surface area (Å²) in [5.74, 6) is 1.41. The van der Waals surface area contributed by atoms with Crippen molar-refractivity contribution in [2.24, 2.45) is 7.05 Å². The van der Waals surface area contributed by atoms with E-state index >= 15 is 0 Å². The van der Waals surface area contributed by atoms with Crippen molar-refractivity contribution in [1.82, 2.24) is 69.5 Å². The van der Waals surface area contributed by atoms with Gasteiger partial charge in [0.25, 0.3) is 11.8 Å². The van der Waals surface area contributed by atoms with Gasteiger partial charge < -0.3 is 58.3 Å². The molecule has 0 aliphatic carbocycles. The SMILES string of the molecule is C.C.C.C.CCOC(=O)CN(c1cc(OC)cc(OC)c1)c1ccc2ncc(-c3cnn(C(C)C)c3)nc2c1.CCOc1cc(F)cc(N(CCN2C(=O)c3ccccc3C2=O)c2ccc3ncc(-c4cnn(C5CCCCO5)c4)nc3c2)c1.COc1cc(OC)cc(N(C[C@@H](O)CNC(C)C)c2ccc3ncc(-c4cnn(C)c4)nc3c2)c1. The van der Waals surface area contributed by atoms with Gasteiger partial charge in [-0.15, -0.1) is 0 Å². The number of esters is 1. The molecule has 2 atom stereocenters. The molecule has 29 heteroatoms. The first-order chi connectivity index (χ1) is 55.7. The number of methoxy groups -OCH3 is 4. The molecule has 1 fully saturated rings. The molecule has 1 unspecified atom stereocenters. The lowest BCUT2D eigenvalue weighted by Gasteiger charge is -2.29. The Hall–Kier alpha value is -13.0. The maximum Gasteiger partial charge on any atom is 0.325 e. The first-order valence-corrected chi connectivity index (χ1v) is 38.0. The number of rotatable bonds is 28. The molecule has 13 aromatic rings. The average molecular weight is 1620 g/mol. The number of carbonyl (C=O) groups excluding carboxylic acids is 3. The second kappa shape index (κ2) is 41.2. The van der Waals surface area contributed by atoms with Crippen LogP contribution in [0.15, 0.2) is 189 Å². The fourth-order valence-electron chi connectivity index (χ4n) is 13.4. The van der Waals surface area contributed by atoms with E-state index in [4.69, 9.17) is 48.1 Å². The Morgan fingerprint density at radius 2 is 1.04 bits per heavy atom. The minimum absolute atomic E-state index is 0. The number of hydrogen-bond donors (Lipinski definition) is 2. The molecule has 1 saturated heterocycles. The zero-order chi connectivity index (χ0) is 80.8. The van der Waals surface area contributed by atoms with E-state index in [-0.39, 0.29) is 85.4 Å². The number of nitrogens with zero attached hydrogens (tertiary/aromatic N) is 16. The fraction of sp³-hybridized carbons (Fsp3) is 0.333. The van der Waals surface area contributed by atoms with E-state index < -0.39 is 11.9 Å². The van der Waals surface area contributed by atoms with Crippen molar-refractivity contribution in [2.75, 3.05) is 95.7 Å². The summed E-state index contributed by atoms with van der Waals surface area (Å²) in [7, 11) is 8.28. The molecule has 2 aliphatic heterocycles. The van der Waals surface area contributed by atoms with Gasteiger partial charge in [-0.1, -0.05) is 55.7 Å². The third-order valence-electron chi connectivity index (χ3n) is 19.2. The van der Waals surface area contributed by atoms with Gasteiger partial charge in [0.15, 0.2) is 0 Å². The number of anilines is 6. The first kappa shape index (κ1) is 89.9. The number of carbonyl (C=O) groups is 3. The van der Waals surface area contributed by atoms with Crippen molar-refractivity contribution in [1.29, 1.82) is 0 Å². The molecular formula is C90H108FN17O11. The normalized spacial score (nSPS) is 13.0. The molecule has 0 spiro atoms. The smallest absolute Gasteiger partial charge is 0.325 e. The molecule has 2 amide bonds. The third kappa shape index (κ3) is 21.6. The highest BCUT2D eigenvalue weighted by atomic mass is 19.1. The maximum absolute atomic E-state index is 14.8. The number of aryl methyl sites for hydroxylation is 1. The summed E-state index contributed by atoms with van der Waals surface area (Å²) in [4.78, 5) is 74.0. The molecule has 15 rings (SSSR count). The van der Waals surface area contributed by atoms with Gasteiger partial charge >= 0.3 is 5.97 Å². The number of hydrogen-bond acceptors (Lipinski definition) is 24. The quantitative estimate of drug-likeness (QED) is 0.0340. The summed E-state index contributed by atoms with van der Waals surface area (Å²) < 4.78 is 58.9. The number of ether oxygens (including phenoxy) is 7.